The van der Waals surface area contributed by atoms with Gasteiger partial charge in [0, 0.05) is 52.6 Å². The van der Waals surface area contributed by atoms with Gasteiger partial charge in [0.25, 0.3) is 0 Å². The van der Waals surface area contributed by atoms with E-state index in [0.717, 1.165) is 112 Å². The van der Waals surface area contributed by atoms with E-state index in [4.69, 9.17) is 25.2 Å². The summed E-state index contributed by atoms with van der Waals surface area (Å²) in [6.45, 7) is 32.9. The Bertz CT molecular complexity index is 1860. The molecule has 7 N–H and O–H groups in total. The molecule has 5 saturated carbocycles. The number of fused-ring (bicyclic) bond motifs is 10. The Kier molecular flexibility index (Phi) is 40.6. The fourth-order valence-corrected chi connectivity index (χ4v) is 15.7. The van der Waals surface area contributed by atoms with E-state index in [0.29, 0.717) is 35.0 Å². The molecule has 0 unspecified atom stereocenters. The molecule has 5 fully saturated rings. The predicted octanol–water partition coefficient (Wildman–Crippen LogP) is 12.3. The predicted molar refractivity (Wildman–Crippen MR) is 334 cm³/mol. The summed E-state index contributed by atoms with van der Waals surface area (Å²) in [5, 5.41) is 64.2. The molecule has 0 heterocycles. The summed E-state index contributed by atoms with van der Waals surface area (Å²) < 4.78 is 4.86. The molecule has 0 amide bonds. The number of methoxy groups -OCH3 is 1. The van der Waals surface area contributed by atoms with Crippen LogP contribution in [0.1, 0.15) is 260 Å². The van der Waals surface area contributed by atoms with E-state index in [9.17, 15) is 20.1 Å². The molecule has 14 atom stereocenters. The van der Waals surface area contributed by atoms with Crippen molar-refractivity contribution in [3.63, 3.8) is 0 Å². The van der Waals surface area contributed by atoms with Gasteiger partial charge in [-0.2, -0.15) is 6.92 Å². The summed E-state index contributed by atoms with van der Waals surface area (Å²) in [4.78, 5) is 11.6. The number of allylic oxidation sites excluding steroid dienone is 6. The number of esters is 1. The van der Waals surface area contributed by atoms with Crippen molar-refractivity contribution in [1.29, 1.82) is 0 Å². The van der Waals surface area contributed by atoms with Crippen molar-refractivity contribution in [2.24, 2.45) is 70.0 Å². The first-order valence-electron chi connectivity index (χ1n) is 31.0. The molecule has 0 radical (unpaired) electrons. The van der Waals surface area contributed by atoms with Crippen LogP contribution in [0.2, 0.25) is 0 Å². The van der Waals surface area contributed by atoms with Crippen LogP contribution in [-0.4, -0.2) is 113 Å². The van der Waals surface area contributed by atoms with Gasteiger partial charge in [-0.1, -0.05) is 103 Å². The topological polar surface area (TPSA) is 168 Å². The molecule has 0 bridgehead atoms. The molecule has 0 aliphatic heterocycles. The number of hydrogen-bond donors (Lipinski definition) is 7. The van der Waals surface area contributed by atoms with Gasteiger partial charge in [0.15, 0.2) is 0 Å². The molecule has 9 aliphatic rings. The number of carbonyl (C=O) groups is 1. The van der Waals surface area contributed by atoms with E-state index in [2.05, 4.69) is 72.8 Å². The van der Waals surface area contributed by atoms with Gasteiger partial charge in [-0.15, -0.1) is 0 Å². The van der Waals surface area contributed by atoms with Crippen LogP contribution in [0.5, 0.6) is 0 Å². The van der Waals surface area contributed by atoms with Gasteiger partial charge in [-0.05, 0) is 260 Å². The number of hydrogen-bond acceptors (Lipinski definition) is 9. The molecular formula is C69H127BrMgO9Ti. The number of rotatable bonds is 10. The standard InChI is InChI=1S/C27H42O2.C26H40O3.4C3H8O.C2H5.2CH4.BrH.Mg.Ti/c1-4-26(28)14-11-20-19(17-26)5-6-22-21(20)10-12-25(3)23(7-8-24(22)25)18(2)9-13-27(29)15-16-27;1-5-26(28)15-13-19-18(16-26)7-8-21-20(19)12-14-25(3)22(9-10-23(21)25)17(2)6-11-24(27)29-4;4*1-3(2)4;1-2;;;;;/h5,7,18,20-22,24,28-29H,4,6,8-17H2,1-3H3;7,9,17,19-21,23,28H,5-6,8,10-16H2,1-4H3;4*3-4H,1-2H3;1H2,2H3;2*1H4;1H;;/q;;;;;;-1;;;;+2;/p-1/t18-,20+,21-,22-,24+,25-,26+;17-,19+,20-,21-,23+,25-,26+;;;;;;;;;;/m11........../s1. The van der Waals surface area contributed by atoms with E-state index >= 15 is 0 Å². The van der Waals surface area contributed by atoms with Gasteiger partial charge >= 0.3 is 29.0 Å². The molecule has 81 heavy (non-hydrogen) atoms. The molecule has 12 heteroatoms. The third kappa shape index (κ3) is 24.2. The Hall–Kier alpha value is 0.111. The first-order valence-corrected chi connectivity index (χ1v) is 31.0. The zero-order chi connectivity index (χ0) is 57.6. The van der Waals surface area contributed by atoms with E-state index in [1.807, 2.05) is 0 Å². The Morgan fingerprint density at radius 1 is 0.556 bits per heavy atom. The fourth-order valence-electron chi connectivity index (χ4n) is 15.7. The minimum absolute atomic E-state index is 0. The zero-order valence-corrected chi connectivity index (χ0v) is 57.7. The first-order chi connectivity index (χ1) is 35.5. The van der Waals surface area contributed by atoms with Crippen molar-refractivity contribution in [2.45, 2.75) is 301 Å². The summed E-state index contributed by atoms with van der Waals surface area (Å²) in [6.07, 6.45) is 33.4. The minimum Gasteiger partial charge on any atom is -1.00 e. The Morgan fingerprint density at radius 3 is 1.20 bits per heavy atom. The molecule has 470 valence electrons. The Labute approximate surface area is 540 Å². The first kappa shape index (κ1) is 85.3. The van der Waals surface area contributed by atoms with Crippen molar-refractivity contribution in [1.82, 2.24) is 0 Å². The summed E-state index contributed by atoms with van der Waals surface area (Å²) in [7, 11) is 1.48. The average molecular weight is 1250 g/mol. The quantitative estimate of drug-likeness (QED) is 0.0487. The van der Waals surface area contributed by atoms with Crippen LogP contribution in [0, 0.1) is 76.9 Å². The fraction of sp³-hybridized carbons (Fsp3) is 0.855. The second-order valence-corrected chi connectivity index (χ2v) is 27.0. The van der Waals surface area contributed by atoms with Gasteiger partial charge in [-0.3, -0.25) is 4.79 Å². The van der Waals surface area contributed by atoms with Crippen molar-refractivity contribution in [2.75, 3.05) is 7.11 Å². The molecule has 0 aromatic heterocycles. The zero-order valence-electron chi connectivity index (χ0n) is 53.2. The summed E-state index contributed by atoms with van der Waals surface area (Å²) in [5.74, 6) is 7.31. The largest absolute Gasteiger partial charge is 2.00 e. The third-order valence-corrected chi connectivity index (χ3v) is 19.7. The van der Waals surface area contributed by atoms with Crippen molar-refractivity contribution >= 4 is 29.0 Å². The Morgan fingerprint density at radius 2 is 0.889 bits per heavy atom. The van der Waals surface area contributed by atoms with Crippen molar-refractivity contribution in [3.8, 4) is 0 Å². The summed E-state index contributed by atoms with van der Waals surface area (Å²) in [6, 6.07) is 0. The second-order valence-electron chi connectivity index (χ2n) is 27.0. The van der Waals surface area contributed by atoms with Gasteiger partial charge < -0.3 is 64.4 Å². The second kappa shape index (κ2) is 38.5. The van der Waals surface area contributed by atoms with Crippen molar-refractivity contribution in [3.05, 3.63) is 53.5 Å². The number of aliphatic hydroxyl groups excluding tert-OH is 4. The summed E-state index contributed by atoms with van der Waals surface area (Å²) in [5.41, 5.74) is 6.02. The van der Waals surface area contributed by atoms with Crippen LogP contribution < -0.4 is 17.0 Å². The van der Waals surface area contributed by atoms with Crippen LogP contribution in [0.3, 0.4) is 0 Å². The van der Waals surface area contributed by atoms with E-state index < -0.39 is 11.2 Å². The van der Waals surface area contributed by atoms with Gasteiger partial charge in [0.2, 0.25) is 0 Å². The van der Waals surface area contributed by atoms with Gasteiger partial charge in [-0.25, -0.2) is 0 Å². The maximum absolute atomic E-state index is 11.6. The monoisotopic (exact) mass is 1250 g/mol. The number of halogens is 1. The molecule has 9 nitrogen and oxygen atoms in total. The molecule has 9 rings (SSSR count). The van der Waals surface area contributed by atoms with Crippen LogP contribution in [0.25, 0.3) is 0 Å². The van der Waals surface area contributed by atoms with Gasteiger partial charge in [0.05, 0.1) is 23.9 Å². The van der Waals surface area contributed by atoms with Crippen LogP contribution in [-0.2, 0) is 31.2 Å². The van der Waals surface area contributed by atoms with E-state index in [-0.39, 0.29) is 113 Å². The molecular weight excluding hydrogens is 1120 g/mol. The van der Waals surface area contributed by atoms with Gasteiger partial charge in [0.1, 0.15) is 0 Å². The Balaban J connectivity index is -0.00000111. The van der Waals surface area contributed by atoms with Crippen LogP contribution >= 0.6 is 0 Å². The maximum atomic E-state index is 11.6. The molecule has 0 saturated heterocycles. The number of carbonyl (C=O) groups excluding carboxylic acids is 1. The number of aliphatic hydroxyl groups is 7. The molecule has 0 aromatic carbocycles. The van der Waals surface area contributed by atoms with Crippen LogP contribution in [0.4, 0.5) is 0 Å². The molecule has 0 spiro atoms. The van der Waals surface area contributed by atoms with E-state index in [1.165, 1.54) is 71.3 Å². The van der Waals surface area contributed by atoms with Crippen LogP contribution in [0.15, 0.2) is 46.6 Å². The third-order valence-electron chi connectivity index (χ3n) is 19.7. The normalized spacial score (nSPS) is 33.4. The van der Waals surface area contributed by atoms with E-state index in [1.54, 1.807) is 84.6 Å². The minimum atomic E-state index is -0.449. The SMILES string of the molecule is C.C.CC(C)O.CC(C)O.CC(C)O.CC(C)O.CC[C@]1(O)CC[C@H]2C(=CC[C@@H]3[C@@H]2CC[C@]2(C)C([C@H](C)CCC(=O)OC)=CC[C@@H]32)C1.CC[C@]1(O)CC[C@H]2C(=CC[C@@H]3[C@@H]2CC[C@]2(C)C([C@H](C)CCC4(O)CC4)=CC[C@@H]32)C1.[Br-].[CH2-]C.[Mg+2].[Ti]. The molecule has 0 aromatic rings. The smallest absolute Gasteiger partial charge is 1.00 e. The molecule has 9 aliphatic carbocycles. The maximum Gasteiger partial charge on any atom is 2.00 e. The van der Waals surface area contributed by atoms with Crippen molar-refractivity contribution < 1.29 is 84.0 Å². The average Bonchev–Trinajstić information content (AvgIpc) is 3.82. The summed E-state index contributed by atoms with van der Waals surface area (Å²) >= 11 is 0. The number of ether oxygens (including phenoxy) is 1.